The molecule has 0 saturated carbocycles. The quantitative estimate of drug-likeness (QED) is 0.419. The highest BCUT2D eigenvalue weighted by Gasteiger charge is 2.19. The van der Waals surface area contributed by atoms with Gasteiger partial charge < -0.3 is 10.2 Å². The highest BCUT2D eigenvalue weighted by atomic mass is 16.1. The van der Waals surface area contributed by atoms with E-state index in [2.05, 4.69) is 68.1 Å². The fourth-order valence-electron chi connectivity index (χ4n) is 4.23. The SMILES string of the molecule is CC=Cc1[nH]n2c(=O)c(CCC)c(CCC)nc2c1Nc1ccc(N(CC)CC)cc1C. The monoisotopic (exact) mass is 435 g/mol. The minimum atomic E-state index is 0.00714. The van der Waals surface area contributed by atoms with E-state index in [1.165, 1.54) is 5.69 Å². The number of anilines is 3. The average Bonchev–Trinajstić information content (AvgIpc) is 3.11. The van der Waals surface area contributed by atoms with Crippen LogP contribution in [0.1, 0.15) is 70.0 Å². The van der Waals surface area contributed by atoms with E-state index in [1.54, 1.807) is 4.52 Å². The molecule has 0 radical (unpaired) electrons. The second-order valence-corrected chi connectivity index (χ2v) is 8.20. The van der Waals surface area contributed by atoms with Crippen LogP contribution in [0.3, 0.4) is 0 Å². The molecule has 3 rings (SSSR count). The molecule has 2 N–H and O–H groups in total. The molecule has 6 nitrogen and oxygen atoms in total. The summed E-state index contributed by atoms with van der Waals surface area (Å²) < 4.78 is 1.60. The lowest BCUT2D eigenvalue weighted by Crippen LogP contribution is -2.23. The van der Waals surface area contributed by atoms with Crippen molar-refractivity contribution in [3.05, 3.63) is 57.1 Å². The smallest absolute Gasteiger partial charge is 0.276 e. The van der Waals surface area contributed by atoms with Gasteiger partial charge in [0.1, 0.15) is 5.69 Å². The molecular formula is C26H37N5O. The lowest BCUT2D eigenvalue weighted by molar-refractivity contribution is 0.778. The number of aromatic nitrogens is 3. The zero-order chi connectivity index (χ0) is 23.3. The molecule has 0 aliphatic heterocycles. The Balaban J connectivity index is 2.15. The third-order valence-corrected chi connectivity index (χ3v) is 5.91. The summed E-state index contributed by atoms with van der Waals surface area (Å²) in [6.07, 6.45) is 7.39. The number of rotatable bonds is 10. The fraction of sp³-hybridized carbons (Fsp3) is 0.462. The van der Waals surface area contributed by atoms with Crippen molar-refractivity contribution in [2.75, 3.05) is 23.3 Å². The van der Waals surface area contributed by atoms with Gasteiger partial charge in [0.25, 0.3) is 5.56 Å². The first kappa shape index (κ1) is 23.6. The predicted molar refractivity (Wildman–Crippen MR) is 137 cm³/mol. The maximum atomic E-state index is 13.3. The largest absolute Gasteiger partial charge is 0.372 e. The van der Waals surface area contributed by atoms with Crippen molar-refractivity contribution in [3.63, 3.8) is 0 Å². The Kier molecular flexibility index (Phi) is 7.78. The third-order valence-electron chi connectivity index (χ3n) is 5.91. The molecule has 0 bridgehead atoms. The van der Waals surface area contributed by atoms with Gasteiger partial charge in [0.05, 0.1) is 11.4 Å². The second kappa shape index (κ2) is 10.5. The van der Waals surface area contributed by atoms with E-state index in [-0.39, 0.29) is 5.56 Å². The van der Waals surface area contributed by atoms with E-state index in [0.717, 1.165) is 72.7 Å². The van der Waals surface area contributed by atoms with Crippen LogP contribution in [0.5, 0.6) is 0 Å². The molecule has 2 heterocycles. The van der Waals surface area contributed by atoms with Crippen LogP contribution in [-0.2, 0) is 12.8 Å². The third kappa shape index (κ3) is 4.59. The molecule has 1 aromatic carbocycles. The molecule has 3 aromatic rings. The van der Waals surface area contributed by atoms with Gasteiger partial charge in [-0.1, -0.05) is 32.8 Å². The first-order valence-electron chi connectivity index (χ1n) is 11.9. The van der Waals surface area contributed by atoms with E-state index < -0.39 is 0 Å². The number of hydrogen-bond acceptors (Lipinski definition) is 4. The first-order chi connectivity index (χ1) is 15.5. The molecule has 0 aliphatic rings. The maximum absolute atomic E-state index is 13.3. The van der Waals surface area contributed by atoms with Crippen molar-refractivity contribution in [2.45, 2.75) is 67.2 Å². The summed E-state index contributed by atoms with van der Waals surface area (Å²) in [5.41, 5.74) is 7.46. The van der Waals surface area contributed by atoms with Gasteiger partial charge in [-0.2, -0.15) is 4.52 Å². The van der Waals surface area contributed by atoms with Crippen molar-refractivity contribution >= 4 is 28.8 Å². The van der Waals surface area contributed by atoms with Crippen LogP contribution in [0.15, 0.2) is 29.1 Å². The normalized spacial score (nSPS) is 11.6. The second-order valence-electron chi connectivity index (χ2n) is 8.20. The van der Waals surface area contributed by atoms with Crippen LogP contribution >= 0.6 is 0 Å². The predicted octanol–water partition coefficient (Wildman–Crippen LogP) is 5.86. The van der Waals surface area contributed by atoms with Crippen LogP contribution in [0, 0.1) is 6.92 Å². The summed E-state index contributed by atoms with van der Waals surface area (Å²) in [5, 5.41) is 6.85. The van der Waals surface area contributed by atoms with Crippen LogP contribution in [0.25, 0.3) is 11.7 Å². The van der Waals surface area contributed by atoms with Crippen molar-refractivity contribution in [2.24, 2.45) is 0 Å². The molecule has 32 heavy (non-hydrogen) atoms. The Morgan fingerprint density at radius 1 is 1.12 bits per heavy atom. The molecule has 0 atom stereocenters. The summed E-state index contributed by atoms with van der Waals surface area (Å²) in [5.74, 6) is 0. The van der Waals surface area contributed by atoms with Crippen molar-refractivity contribution in [3.8, 4) is 0 Å². The molecule has 172 valence electrons. The van der Waals surface area contributed by atoms with Gasteiger partial charge in [-0.15, -0.1) is 0 Å². The summed E-state index contributed by atoms with van der Waals surface area (Å²) in [6, 6.07) is 6.47. The molecule has 0 spiro atoms. The minimum absolute atomic E-state index is 0.00714. The van der Waals surface area contributed by atoms with Gasteiger partial charge in [-0.25, -0.2) is 4.98 Å². The zero-order valence-corrected chi connectivity index (χ0v) is 20.4. The molecular weight excluding hydrogens is 398 g/mol. The van der Waals surface area contributed by atoms with Gasteiger partial charge in [-0.3, -0.25) is 9.89 Å². The Morgan fingerprint density at radius 3 is 2.44 bits per heavy atom. The molecule has 2 aromatic heterocycles. The fourth-order valence-corrected chi connectivity index (χ4v) is 4.23. The van der Waals surface area contributed by atoms with Crippen molar-refractivity contribution < 1.29 is 0 Å². The summed E-state index contributed by atoms with van der Waals surface area (Å²) in [6.45, 7) is 14.6. The number of fused-ring (bicyclic) bond motifs is 1. The number of aromatic amines is 1. The number of nitrogens with zero attached hydrogens (tertiary/aromatic N) is 3. The van der Waals surface area contributed by atoms with E-state index >= 15 is 0 Å². The Bertz CT molecular complexity index is 1150. The Labute approximate surface area is 191 Å². The van der Waals surface area contributed by atoms with Crippen LogP contribution in [0.4, 0.5) is 17.1 Å². The summed E-state index contributed by atoms with van der Waals surface area (Å²) >= 11 is 0. The molecule has 6 heteroatoms. The van der Waals surface area contributed by atoms with Crippen LogP contribution in [0.2, 0.25) is 0 Å². The summed E-state index contributed by atoms with van der Waals surface area (Å²) in [7, 11) is 0. The van der Waals surface area contributed by atoms with Crippen molar-refractivity contribution in [1.82, 2.24) is 14.6 Å². The van der Waals surface area contributed by atoms with Crippen LogP contribution < -0.4 is 15.8 Å². The van der Waals surface area contributed by atoms with Gasteiger partial charge in [0, 0.05) is 30.0 Å². The first-order valence-corrected chi connectivity index (χ1v) is 11.9. The van der Waals surface area contributed by atoms with E-state index in [4.69, 9.17) is 4.98 Å². The molecule has 0 amide bonds. The average molecular weight is 436 g/mol. The summed E-state index contributed by atoms with van der Waals surface area (Å²) in [4.78, 5) is 20.6. The maximum Gasteiger partial charge on any atom is 0.276 e. The van der Waals surface area contributed by atoms with Gasteiger partial charge in [0.15, 0.2) is 5.65 Å². The highest BCUT2D eigenvalue weighted by Crippen LogP contribution is 2.30. The zero-order valence-electron chi connectivity index (χ0n) is 20.4. The molecule has 0 saturated heterocycles. The van der Waals surface area contributed by atoms with E-state index in [1.807, 2.05) is 19.1 Å². The van der Waals surface area contributed by atoms with Gasteiger partial charge in [0.2, 0.25) is 0 Å². The number of nitrogens with one attached hydrogen (secondary N) is 2. The van der Waals surface area contributed by atoms with E-state index in [9.17, 15) is 4.79 Å². The van der Waals surface area contributed by atoms with Gasteiger partial charge in [-0.05, 0) is 70.4 Å². The topological polar surface area (TPSA) is 65.4 Å². The van der Waals surface area contributed by atoms with E-state index in [0.29, 0.717) is 5.65 Å². The van der Waals surface area contributed by atoms with Crippen molar-refractivity contribution in [1.29, 1.82) is 0 Å². The number of H-pyrrole nitrogens is 1. The number of aryl methyl sites for hydroxylation is 2. The molecule has 0 unspecified atom stereocenters. The lowest BCUT2D eigenvalue weighted by Gasteiger charge is -2.22. The number of benzene rings is 1. The number of hydrogen-bond donors (Lipinski definition) is 2. The highest BCUT2D eigenvalue weighted by molar-refractivity contribution is 5.83. The Hall–Kier alpha value is -3.02. The Morgan fingerprint density at radius 2 is 1.84 bits per heavy atom. The standard InChI is InChI=1S/C26H37N5O/c1-7-12-20-22(13-8-2)28-25-24(23(14-9-3)29-31(25)26(20)32)27-21-16-15-19(17-18(21)6)30(10-4)11-5/h9,14-17,27,29H,7-8,10-13H2,1-6H3. The molecule has 0 fully saturated rings. The van der Waals surface area contributed by atoms with Gasteiger partial charge >= 0.3 is 0 Å². The number of allylic oxidation sites excluding steroid dienone is 1. The lowest BCUT2D eigenvalue weighted by atomic mass is 10.1. The minimum Gasteiger partial charge on any atom is -0.372 e. The van der Waals surface area contributed by atoms with Crippen LogP contribution in [-0.4, -0.2) is 27.7 Å². The molecule has 0 aliphatic carbocycles.